The summed E-state index contributed by atoms with van der Waals surface area (Å²) in [7, 11) is 0. The largest absolute Gasteiger partial charge is 0.481 e. The van der Waals surface area contributed by atoms with Crippen LogP contribution < -0.4 is 0 Å². The monoisotopic (exact) mass is 336 g/mol. The van der Waals surface area contributed by atoms with Crippen LogP contribution in [-0.4, -0.2) is 28.1 Å². The van der Waals surface area contributed by atoms with Crippen molar-refractivity contribution < 1.29 is 19.8 Å². The third kappa shape index (κ3) is 16.7. The molecule has 0 spiro atoms. The highest BCUT2D eigenvalue weighted by atomic mass is 16.4. The minimum absolute atomic E-state index is 0.0793. The number of aliphatic hydroxyl groups is 1. The quantitative estimate of drug-likeness (QED) is 0.260. The third-order valence-electron chi connectivity index (χ3n) is 3.55. The van der Waals surface area contributed by atoms with Crippen molar-refractivity contribution in [2.75, 3.05) is 0 Å². The maximum atomic E-state index is 11.7. The van der Waals surface area contributed by atoms with Gasteiger partial charge in [0.2, 0.25) is 0 Å². The highest BCUT2D eigenvalue weighted by Crippen LogP contribution is 2.04. The number of rotatable bonds is 15. The van der Waals surface area contributed by atoms with Gasteiger partial charge in [-0.05, 0) is 32.1 Å². The molecule has 136 valence electrons. The Hall–Kier alpha value is -1.68. The van der Waals surface area contributed by atoms with Crippen molar-refractivity contribution in [3.05, 3.63) is 36.5 Å². The first-order chi connectivity index (χ1) is 11.6. The minimum Gasteiger partial charge on any atom is -0.481 e. The summed E-state index contributed by atoms with van der Waals surface area (Å²) in [4.78, 5) is 22.0. The Morgan fingerprint density at radius 3 is 2.46 bits per heavy atom. The zero-order chi connectivity index (χ0) is 18.0. The second-order valence-electron chi connectivity index (χ2n) is 5.92. The van der Waals surface area contributed by atoms with Gasteiger partial charge in [0.1, 0.15) is 5.78 Å². The first-order valence-electron chi connectivity index (χ1n) is 8.96. The van der Waals surface area contributed by atoms with Crippen molar-refractivity contribution in [2.45, 2.75) is 77.2 Å². The maximum absolute atomic E-state index is 11.7. The number of Topliss-reactive ketones (excluding diaryl/α,β-unsaturated/α-hetero) is 1. The molecule has 0 aromatic heterocycles. The molecule has 0 aliphatic rings. The van der Waals surface area contributed by atoms with E-state index in [4.69, 9.17) is 5.11 Å². The number of carboxylic acids is 1. The van der Waals surface area contributed by atoms with Gasteiger partial charge in [-0.1, -0.05) is 56.2 Å². The van der Waals surface area contributed by atoms with E-state index in [-0.39, 0.29) is 12.2 Å². The van der Waals surface area contributed by atoms with E-state index in [2.05, 4.69) is 13.0 Å². The van der Waals surface area contributed by atoms with Gasteiger partial charge in [0.05, 0.1) is 6.10 Å². The molecule has 0 rings (SSSR count). The molecule has 0 saturated carbocycles. The summed E-state index contributed by atoms with van der Waals surface area (Å²) in [6, 6.07) is 0. The molecule has 1 atom stereocenters. The summed E-state index contributed by atoms with van der Waals surface area (Å²) >= 11 is 0. The summed E-state index contributed by atoms with van der Waals surface area (Å²) in [6.45, 7) is 2.18. The summed E-state index contributed by atoms with van der Waals surface area (Å²) in [6.07, 6.45) is 18.0. The van der Waals surface area contributed by atoms with E-state index < -0.39 is 12.1 Å². The first-order valence-corrected chi connectivity index (χ1v) is 8.96. The summed E-state index contributed by atoms with van der Waals surface area (Å²) in [5.41, 5.74) is 0. The van der Waals surface area contributed by atoms with Crippen LogP contribution in [0.25, 0.3) is 0 Å². The van der Waals surface area contributed by atoms with Gasteiger partial charge in [-0.2, -0.15) is 0 Å². The molecule has 4 nitrogen and oxygen atoms in total. The van der Waals surface area contributed by atoms with Gasteiger partial charge in [0.15, 0.2) is 0 Å². The lowest BCUT2D eigenvalue weighted by Crippen LogP contribution is -2.03. The van der Waals surface area contributed by atoms with Gasteiger partial charge in [-0.15, -0.1) is 0 Å². The molecule has 0 radical (unpaired) electrons. The Labute approximate surface area is 146 Å². The topological polar surface area (TPSA) is 74.6 Å². The van der Waals surface area contributed by atoms with E-state index in [1.807, 2.05) is 18.2 Å². The lowest BCUT2D eigenvalue weighted by molar-refractivity contribution is -0.137. The number of carboxylic acid groups (broad SMARTS) is 1. The molecule has 0 aliphatic carbocycles. The SMILES string of the molecule is CCCCCC=CCC(=O)CCC=CC=CC(O)CCCC(=O)O. The summed E-state index contributed by atoms with van der Waals surface area (Å²) in [5, 5.41) is 18.1. The van der Waals surface area contributed by atoms with Crippen LogP contribution in [0.1, 0.15) is 71.1 Å². The van der Waals surface area contributed by atoms with Crippen LogP contribution in [0.3, 0.4) is 0 Å². The first kappa shape index (κ1) is 22.3. The van der Waals surface area contributed by atoms with E-state index in [1.54, 1.807) is 12.2 Å². The van der Waals surface area contributed by atoms with Gasteiger partial charge >= 0.3 is 5.97 Å². The average molecular weight is 336 g/mol. The molecule has 2 N–H and O–H groups in total. The molecule has 0 saturated heterocycles. The fourth-order valence-corrected chi connectivity index (χ4v) is 2.12. The lowest BCUT2D eigenvalue weighted by Gasteiger charge is -2.02. The zero-order valence-electron chi connectivity index (χ0n) is 14.8. The molecule has 1 unspecified atom stereocenters. The minimum atomic E-state index is -0.841. The molecule has 0 aromatic carbocycles. The van der Waals surface area contributed by atoms with Gasteiger partial charge in [0.25, 0.3) is 0 Å². The van der Waals surface area contributed by atoms with Gasteiger partial charge in [-0.25, -0.2) is 0 Å². The molecule has 0 aromatic rings. The molecule has 0 bridgehead atoms. The van der Waals surface area contributed by atoms with Crippen LogP contribution in [0, 0.1) is 0 Å². The van der Waals surface area contributed by atoms with E-state index in [9.17, 15) is 14.7 Å². The van der Waals surface area contributed by atoms with E-state index in [1.165, 1.54) is 19.3 Å². The molecule has 0 heterocycles. The Morgan fingerprint density at radius 2 is 1.75 bits per heavy atom. The second-order valence-corrected chi connectivity index (χ2v) is 5.92. The van der Waals surface area contributed by atoms with Crippen molar-refractivity contribution >= 4 is 11.8 Å². The average Bonchev–Trinajstić information content (AvgIpc) is 2.53. The van der Waals surface area contributed by atoms with Crippen LogP contribution in [0.5, 0.6) is 0 Å². The van der Waals surface area contributed by atoms with Gasteiger partial charge < -0.3 is 10.2 Å². The van der Waals surface area contributed by atoms with E-state index >= 15 is 0 Å². The number of hydrogen-bond acceptors (Lipinski definition) is 3. The van der Waals surface area contributed by atoms with Gasteiger partial charge in [0, 0.05) is 19.3 Å². The molecule has 24 heavy (non-hydrogen) atoms. The van der Waals surface area contributed by atoms with Crippen LogP contribution in [0.15, 0.2) is 36.5 Å². The van der Waals surface area contributed by atoms with Gasteiger partial charge in [-0.3, -0.25) is 9.59 Å². The van der Waals surface area contributed by atoms with E-state index in [0.717, 1.165) is 6.42 Å². The number of allylic oxidation sites excluding steroid dienone is 5. The highest BCUT2D eigenvalue weighted by Gasteiger charge is 2.01. The Kier molecular flexibility index (Phi) is 15.1. The van der Waals surface area contributed by atoms with Crippen LogP contribution in [0.2, 0.25) is 0 Å². The predicted molar refractivity (Wildman–Crippen MR) is 97.9 cm³/mol. The summed E-state index contributed by atoms with van der Waals surface area (Å²) < 4.78 is 0. The van der Waals surface area contributed by atoms with Crippen molar-refractivity contribution in [1.82, 2.24) is 0 Å². The zero-order valence-corrected chi connectivity index (χ0v) is 14.8. The number of ketones is 1. The number of aliphatic carboxylic acids is 1. The second kappa shape index (κ2) is 16.2. The normalized spacial score (nSPS) is 13.2. The van der Waals surface area contributed by atoms with Crippen molar-refractivity contribution in [3.8, 4) is 0 Å². The van der Waals surface area contributed by atoms with Crippen molar-refractivity contribution in [1.29, 1.82) is 0 Å². The van der Waals surface area contributed by atoms with Crippen molar-refractivity contribution in [3.63, 3.8) is 0 Å². The molecule has 0 fully saturated rings. The molecule has 4 heteroatoms. The number of aliphatic hydroxyl groups excluding tert-OH is 1. The Balaban J connectivity index is 3.67. The fraction of sp³-hybridized carbons (Fsp3) is 0.600. The number of hydrogen-bond donors (Lipinski definition) is 2. The highest BCUT2D eigenvalue weighted by molar-refractivity contribution is 5.79. The number of carbonyl (C=O) groups is 2. The molecule has 0 amide bonds. The van der Waals surface area contributed by atoms with Crippen LogP contribution in [0.4, 0.5) is 0 Å². The molecular formula is C20H32O4. The molecular weight excluding hydrogens is 304 g/mol. The number of carbonyl (C=O) groups excluding carboxylic acids is 1. The van der Waals surface area contributed by atoms with Crippen LogP contribution >= 0.6 is 0 Å². The Morgan fingerprint density at radius 1 is 0.958 bits per heavy atom. The standard InChI is InChI=1S/C20H32O4/c1-2-3-4-5-6-9-13-18(21)14-10-7-8-11-15-19(22)16-12-17-20(23)24/h6-9,11,15,19,22H,2-5,10,12-14,16-17H2,1H3,(H,23,24). The Bertz CT molecular complexity index is 421. The number of unbranched alkanes of at least 4 members (excludes halogenated alkanes) is 3. The fourth-order valence-electron chi connectivity index (χ4n) is 2.12. The summed E-state index contributed by atoms with van der Waals surface area (Å²) in [5.74, 6) is -0.601. The van der Waals surface area contributed by atoms with Crippen LogP contribution in [-0.2, 0) is 9.59 Å². The third-order valence-corrected chi connectivity index (χ3v) is 3.55. The molecule has 0 aliphatic heterocycles. The van der Waals surface area contributed by atoms with Crippen molar-refractivity contribution in [2.24, 2.45) is 0 Å². The maximum Gasteiger partial charge on any atom is 0.303 e. The predicted octanol–water partition coefficient (Wildman–Crippen LogP) is 4.59. The lowest BCUT2D eigenvalue weighted by atomic mass is 10.1. The smallest absolute Gasteiger partial charge is 0.303 e. The van der Waals surface area contributed by atoms with E-state index in [0.29, 0.717) is 32.1 Å².